The molecule has 0 saturated carbocycles. The number of likely N-dealkylation sites (tertiary alicyclic amines) is 1. The van der Waals surface area contributed by atoms with E-state index in [-0.39, 0.29) is 0 Å². The molecule has 2 aliphatic rings. The molecule has 1 aromatic rings. The molecule has 0 aromatic heterocycles. The quantitative estimate of drug-likeness (QED) is 0.836. The van der Waals surface area contributed by atoms with Crippen molar-refractivity contribution in [2.45, 2.75) is 25.3 Å². The molecular formula is C17H27N3O. The lowest BCUT2D eigenvalue weighted by Gasteiger charge is -2.32. The summed E-state index contributed by atoms with van der Waals surface area (Å²) in [4.78, 5) is 5.24. The molecule has 0 radical (unpaired) electrons. The molecule has 0 spiro atoms. The second-order valence-corrected chi connectivity index (χ2v) is 6.24. The number of morpholine rings is 1. The van der Waals surface area contributed by atoms with E-state index >= 15 is 0 Å². The first-order valence-electron chi connectivity index (χ1n) is 8.20. The lowest BCUT2D eigenvalue weighted by molar-refractivity contribution is 0.0185. The lowest BCUT2D eigenvalue weighted by atomic mass is 10.1. The maximum absolute atomic E-state index is 5.72. The summed E-state index contributed by atoms with van der Waals surface area (Å²) < 4.78 is 5.44. The van der Waals surface area contributed by atoms with Gasteiger partial charge in [0.15, 0.2) is 0 Å². The summed E-state index contributed by atoms with van der Waals surface area (Å²) in [5.41, 5.74) is 7.97. The van der Waals surface area contributed by atoms with Gasteiger partial charge in [0, 0.05) is 31.4 Å². The Bertz CT molecular complexity index is 428. The van der Waals surface area contributed by atoms with E-state index in [0.717, 1.165) is 44.5 Å². The van der Waals surface area contributed by atoms with E-state index in [0.29, 0.717) is 0 Å². The molecule has 4 heteroatoms. The summed E-state index contributed by atoms with van der Waals surface area (Å²) in [5.74, 6) is 0. The Kier molecular flexibility index (Phi) is 5.12. The van der Waals surface area contributed by atoms with Gasteiger partial charge in [0.2, 0.25) is 0 Å². The van der Waals surface area contributed by atoms with E-state index < -0.39 is 0 Å². The van der Waals surface area contributed by atoms with Crippen LogP contribution in [0.25, 0.3) is 0 Å². The fraction of sp³-hybridized carbons (Fsp3) is 0.647. The van der Waals surface area contributed by atoms with Crippen molar-refractivity contribution < 1.29 is 4.74 Å². The third-order valence-corrected chi connectivity index (χ3v) is 4.73. The van der Waals surface area contributed by atoms with Crippen molar-refractivity contribution in [2.24, 2.45) is 0 Å². The fourth-order valence-electron chi connectivity index (χ4n) is 3.45. The molecule has 0 amide bonds. The van der Waals surface area contributed by atoms with E-state index in [2.05, 4.69) is 21.9 Å². The summed E-state index contributed by atoms with van der Waals surface area (Å²) in [6, 6.07) is 9.05. The lowest BCUT2D eigenvalue weighted by Crippen LogP contribution is -2.44. The Labute approximate surface area is 127 Å². The molecule has 2 N–H and O–H groups in total. The molecule has 0 bridgehead atoms. The molecule has 0 aliphatic carbocycles. The highest BCUT2D eigenvalue weighted by Gasteiger charge is 2.28. The molecule has 2 fully saturated rings. The minimum atomic E-state index is 0.755. The number of hydrogen-bond donors (Lipinski definition) is 1. The van der Waals surface area contributed by atoms with Gasteiger partial charge in [0.05, 0.1) is 13.2 Å². The smallest absolute Gasteiger partial charge is 0.0594 e. The summed E-state index contributed by atoms with van der Waals surface area (Å²) in [7, 11) is 0. The minimum absolute atomic E-state index is 0.755. The Balaban J connectivity index is 1.37. The third-order valence-electron chi connectivity index (χ3n) is 4.73. The zero-order valence-corrected chi connectivity index (χ0v) is 12.8. The highest BCUT2D eigenvalue weighted by Crippen LogP contribution is 2.17. The van der Waals surface area contributed by atoms with Crippen LogP contribution in [0.2, 0.25) is 0 Å². The predicted molar refractivity (Wildman–Crippen MR) is 86.4 cm³/mol. The number of hydrogen-bond acceptors (Lipinski definition) is 4. The molecule has 2 heterocycles. The minimum Gasteiger partial charge on any atom is -0.399 e. The van der Waals surface area contributed by atoms with Gasteiger partial charge in [-0.1, -0.05) is 12.1 Å². The van der Waals surface area contributed by atoms with E-state index in [9.17, 15) is 0 Å². The Morgan fingerprint density at radius 1 is 1.10 bits per heavy atom. The topological polar surface area (TPSA) is 41.7 Å². The Morgan fingerprint density at radius 3 is 2.62 bits per heavy atom. The van der Waals surface area contributed by atoms with Gasteiger partial charge in [-0.15, -0.1) is 0 Å². The van der Waals surface area contributed by atoms with Gasteiger partial charge < -0.3 is 15.4 Å². The maximum Gasteiger partial charge on any atom is 0.0594 e. The molecule has 1 aromatic carbocycles. The van der Waals surface area contributed by atoms with Crippen LogP contribution < -0.4 is 5.73 Å². The first-order chi connectivity index (χ1) is 10.3. The molecule has 21 heavy (non-hydrogen) atoms. The molecule has 4 nitrogen and oxygen atoms in total. The van der Waals surface area contributed by atoms with Crippen LogP contribution in [0, 0.1) is 0 Å². The van der Waals surface area contributed by atoms with Crippen LogP contribution in [0.3, 0.4) is 0 Å². The van der Waals surface area contributed by atoms with Gasteiger partial charge in [-0.05, 0) is 50.0 Å². The van der Waals surface area contributed by atoms with E-state index in [1.165, 1.54) is 38.0 Å². The van der Waals surface area contributed by atoms with Gasteiger partial charge in [-0.25, -0.2) is 0 Å². The molecular weight excluding hydrogens is 262 g/mol. The van der Waals surface area contributed by atoms with E-state index in [1.54, 1.807) is 0 Å². The van der Waals surface area contributed by atoms with Gasteiger partial charge in [0.25, 0.3) is 0 Å². The summed E-state index contributed by atoms with van der Waals surface area (Å²) >= 11 is 0. The van der Waals surface area contributed by atoms with Crippen LogP contribution in [-0.4, -0.2) is 61.8 Å². The standard InChI is InChI=1S/C17H27N3O/c18-16-5-3-15(4-6-16)2-1-8-19-9-7-17(14-19)20-10-12-21-13-11-20/h3-6,17H,1-2,7-14,18H2. The number of ether oxygens (including phenoxy) is 1. The van der Waals surface area contributed by atoms with E-state index in [1.807, 2.05) is 12.1 Å². The van der Waals surface area contributed by atoms with Gasteiger partial charge in [0.1, 0.15) is 0 Å². The zero-order chi connectivity index (χ0) is 14.5. The molecule has 2 saturated heterocycles. The average molecular weight is 289 g/mol. The normalized spacial score (nSPS) is 24.5. The first-order valence-corrected chi connectivity index (χ1v) is 8.20. The molecule has 1 unspecified atom stereocenters. The number of nitrogens with zero attached hydrogens (tertiary/aromatic N) is 2. The number of nitrogens with two attached hydrogens (primary N) is 1. The van der Waals surface area contributed by atoms with Gasteiger partial charge in [-0.3, -0.25) is 4.90 Å². The van der Waals surface area contributed by atoms with Gasteiger partial charge in [-0.2, -0.15) is 0 Å². The van der Waals surface area contributed by atoms with Crippen molar-refractivity contribution in [2.75, 3.05) is 51.7 Å². The van der Waals surface area contributed by atoms with Crippen LogP contribution in [0.15, 0.2) is 24.3 Å². The van der Waals surface area contributed by atoms with Crippen molar-refractivity contribution in [3.05, 3.63) is 29.8 Å². The fourth-order valence-corrected chi connectivity index (χ4v) is 3.45. The number of anilines is 1. The molecule has 1 atom stereocenters. The van der Waals surface area contributed by atoms with Crippen LogP contribution in [-0.2, 0) is 11.2 Å². The predicted octanol–water partition coefficient (Wildman–Crippen LogP) is 1.61. The number of aryl methyl sites for hydroxylation is 1. The van der Waals surface area contributed by atoms with Crippen LogP contribution in [0.4, 0.5) is 5.69 Å². The van der Waals surface area contributed by atoms with Crippen LogP contribution >= 0.6 is 0 Å². The van der Waals surface area contributed by atoms with Crippen molar-refractivity contribution in [3.63, 3.8) is 0 Å². The molecule has 116 valence electrons. The maximum atomic E-state index is 5.72. The Morgan fingerprint density at radius 2 is 1.86 bits per heavy atom. The van der Waals surface area contributed by atoms with E-state index in [4.69, 9.17) is 10.5 Å². The largest absolute Gasteiger partial charge is 0.399 e. The number of nitrogen functional groups attached to an aromatic ring is 1. The monoisotopic (exact) mass is 289 g/mol. The van der Waals surface area contributed by atoms with Crippen LogP contribution in [0.1, 0.15) is 18.4 Å². The number of benzene rings is 1. The van der Waals surface area contributed by atoms with Crippen molar-refractivity contribution >= 4 is 5.69 Å². The summed E-state index contributed by atoms with van der Waals surface area (Å²) in [6.07, 6.45) is 3.71. The van der Waals surface area contributed by atoms with Crippen molar-refractivity contribution in [1.29, 1.82) is 0 Å². The number of rotatable bonds is 5. The third kappa shape index (κ3) is 4.19. The second-order valence-electron chi connectivity index (χ2n) is 6.24. The second kappa shape index (κ2) is 7.25. The summed E-state index contributed by atoms with van der Waals surface area (Å²) in [6.45, 7) is 7.76. The average Bonchev–Trinajstić information content (AvgIpc) is 2.99. The zero-order valence-electron chi connectivity index (χ0n) is 12.8. The highest BCUT2D eigenvalue weighted by molar-refractivity contribution is 5.39. The SMILES string of the molecule is Nc1ccc(CCCN2CCC(N3CCOCC3)C2)cc1. The van der Waals surface area contributed by atoms with Crippen molar-refractivity contribution in [3.8, 4) is 0 Å². The molecule has 3 rings (SSSR count). The summed E-state index contributed by atoms with van der Waals surface area (Å²) in [5, 5.41) is 0. The highest BCUT2D eigenvalue weighted by atomic mass is 16.5. The van der Waals surface area contributed by atoms with Crippen LogP contribution in [0.5, 0.6) is 0 Å². The molecule has 2 aliphatic heterocycles. The first kappa shape index (κ1) is 14.8. The Hall–Kier alpha value is -1.10. The van der Waals surface area contributed by atoms with Gasteiger partial charge >= 0.3 is 0 Å². The van der Waals surface area contributed by atoms with Crippen molar-refractivity contribution in [1.82, 2.24) is 9.80 Å².